The summed E-state index contributed by atoms with van der Waals surface area (Å²) < 4.78 is 9.97. The van der Waals surface area contributed by atoms with E-state index in [1.54, 1.807) is 17.2 Å². The Morgan fingerprint density at radius 1 is 1.39 bits per heavy atom. The Morgan fingerprint density at radius 2 is 2.06 bits per heavy atom. The second-order valence-electron chi connectivity index (χ2n) is 3.63. The number of hydrogen-bond donors (Lipinski definition) is 0. The van der Waals surface area contributed by atoms with Crippen molar-refractivity contribution in [2.45, 2.75) is 0 Å². The van der Waals surface area contributed by atoms with E-state index in [9.17, 15) is 10.1 Å². The van der Waals surface area contributed by atoms with Gasteiger partial charge in [0, 0.05) is 14.1 Å². The molecule has 0 atom stereocenters. The zero-order chi connectivity index (χ0) is 13.7. The molecule has 98 valence electrons. The zero-order valence-electron chi connectivity index (χ0n) is 10.7. The SMILES string of the molecule is COc1cnc(OC)c([N+](=O)[O-])c1/C=C/N(C)C. The Balaban J connectivity index is 3.45. The van der Waals surface area contributed by atoms with Crippen molar-refractivity contribution in [3.63, 3.8) is 0 Å². The van der Waals surface area contributed by atoms with Crippen LogP contribution in [0, 0.1) is 10.1 Å². The molecule has 0 fully saturated rings. The Morgan fingerprint density at radius 3 is 2.50 bits per heavy atom. The van der Waals surface area contributed by atoms with Crippen LogP contribution in [0.2, 0.25) is 0 Å². The van der Waals surface area contributed by atoms with E-state index in [0.29, 0.717) is 11.3 Å². The Bertz CT molecular complexity index is 472. The second-order valence-corrected chi connectivity index (χ2v) is 3.63. The minimum Gasteiger partial charge on any atom is -0.494 e. The van der Waals surface area contributed by atoms with Gasteiger partial charge in [-0.1, -0.05) is 0 Å². The van der Waals surface area contributed by atoms with Crippen molar-refractivity contribution in [2.75, 3.05) is 28.3 Å². The first-order valence-electron chi connectivity index (χ1n) is 5.11. The number of rotatable bonds is 5. The molecule has 0 aliphatic heterocycles. The van der Waals surface area contributed by atoms with Crippen molar-refractivity contribution in [3.05, 3.63) is 28.1 Å². The maximum atomic E-state index is 11.1. The lowest BCUT2D eigenvalue weighted by Crippen LogP contribution is -2.03. The Labute approximate surface area is 105 Å². The molecule has 0 unspecified atom stereocenters. The van der Waals surface area contributed by atoms with E-state index in [4.69, 9.17) is 9.47 Å². The van der Waals surface area contributed by atoms with Gasteiger partial charge in [0.25, 0.3) is 5.88 Å². The largest absolute Gasteiger partial charge is 0.494 e. The van der Waals surface area contributed by atoms with Crippen LogP contribution in [0.3, 0.4) is 0 Å². The molecule has 0 saturated carbocycles. The van der Waals surface area contributed by atoms with E-state index >= 15 is 0 Å². The number of hydrogen-bond acceptors (Lipinski definition) is 6. The fourth-order valence-corrected chi connectivity index (χ4v) is 1.35. The van der Waals surface area contributed by atoms with E-state index in [1.165, 1.54) is 20.4 Å². The summed E-state index contributed by atoms with van der Waals surface area (Å²) in [5.74, 6) is 0.278. The predicted octanol–water partition coefficient (Wildman–Crippen LogP) is 1.54. The maximum absolute atomic E-state index is 11.1. The number of nitro groups is 1. The summed E-state index contributed by atoms with van der Waals surface area (Å²) in [6.45, 7) is 0. The van der Waals surface area contributed by atoms with Gasteiger partial charge in [0.2, 0.25) is 0 Å². The highest BCUT2D eigenvalue weighted by Gasteiger charge is 2.24. The molecule has 0 aliphatic carbocycles. The van der Waals surface area contributed by atoms with Gasteiger partial charge >= 0.3 is 5.69 Å². The van der Waals surface area contributed by atoms with E-state index in [1.807, 2.05) is 14.1 Å². The number of nitrogens with zero attached hydrogens (tertiary/aromatic N) is 3. The summed E-state index contributed by atoms with van der Waals surface area (Å²) in [5, 5.41) is 11.1. The zero-order valence-corrected chi connectivity index (χ0v) is 10.7. The molecule has 0 spiro atoms. The van der Waals surface area contributed by atoms with E-state index in [2.05, 4.69) is 4.98 Å². The quantitative estimate of drug-likeness (QED) is 0.585. The topological polar surface area (TPSA) is 77.7 Å². The highest BCUT2D eigenvalue weighted by Crippen LogP contribution is 2.35. The van der Waals surface area contributed by atoms with Crippen molar-refractivity contribution >= 4 is 11.8 Å². The highest BCUT2D eigenvalue weighted by molar-refractivity contribution is 5.70. The van der Waals surface area contributed by atoms with Gasteiger partial charge in [0.15, 0.2) is 5.75 Å². The van der Waals surface area contributed by atoms with Crippen LogP contribution in [0.1, 0.15) is 5.56 Å². The standard InChI is InChI=1S/C11H15N3O4/c1-13(2)6-5-8-9(17-3)7-12-11(18-4)10(8)14(15)16/h5-7H,1-4H3/b6-5+. The average molecular weight is 253 g/mol. The molecular formula is C11H15N3O4. The van der Waals surface area contributed by atoms with Gasteiger partial charge in [-0.2, -0.15) is 0 Å². The third-order valence-corrected chi connectivity index (χ3v) is 2.16. The normalized spacial score (nSPS) is 10.4. The van der Waals surface area contributed by atoms with Crippen LogP contribution in [0.15, 0.2) is 12.4 Å². The Hall–Kier alpha value is -2.31. The molecule has 7 heteroatoms. The van der Waals surface area contributed by atoms with Gasteiger partial charge in [-0.05, 0) is 12.3 Å². The molecule has 0 saturated heterocycles. The monoisotopic (exact) mass is 253 g/mol. The molecule has 1 rings (SSSR count). The second kappa shape index (κ2) is 5.85. The minimum atomic E-state index is -0.538. The van der Waals surface area contributed by atoms with Crippen molar-refractivity contribution in [1.82, 2.24) is 9.88 Å². The van der Waals surface area contributed by atoms with Crippen LogP contribution in [0.5, 0.6) is 11.6 Å². The van der Waals surface area contributed by atoms with Gasteiger partial charge in [-0.3, -0.25) is 10.1 Å². The predicted molar refractivity (Wildman–Crippen MR) is 66.7 cm³/mol. The fourth-order valence-electron chi connectivity index (χ4n) is 1.35. The van der Waals surface area contributed by atoms with Crippen LogP contribution in [0.25, 0.3) is 6.08 Å². The molecule has 0 radical (unpaired) electrons. The number of methoxy groups -OCH3 is 2. The fraction of sp³-hybridized carbons (Fsp3) is 0.364. The lowest BCUT2D eigenvalue weighted by molar-refractivity contribution is -0.386. The van der Waals surface area contributed by atoms with E-state index in [-0.39, 0.29) is 11.6 Å². The van der Waals surface area contributed by atoms with Crippen LogP contribution in [-0.4, -0.2) is 43.1 Å². The first-order valence-corrected chi connectivity index (χ1v) is 5.11. The third-order valence-electron chi connectivity index (χ3n) is 2.16. The van der Waals surface area contributed by atoms with E-state index in [0.717, 1.165) is 0 Å². The maximum Gasteiger partial charge on any atom is 0.341 e. The van der Waals surface area contributed by atoms with Gasteiger partial charge in [0.05, 0.1) is 25.3 Å². The van der Waals surface area contributed by atoms with E-state index < -0.39 is 4.92 Å². The third kappa shape index (κ3) is 2.88. The lowest BCUT2D eigenvalue weighted by Gasteiger charge is -2.09. The summed E-state index contributed by atoms with van der Waals surface area (Å²) in [4.78, 5) is 16.2. The molecule has 7 nitrogen and oxygen atoms in total. The van der Waals surface area contributed by atoms with Gasteiger partial charge in [-0.25, -0.2) is 4.98 Å². The van der Waals surface area contributed by atoms with Gasteiger partial charge in [-0.15, -0.1) is 0 Å². The van der Waals surface area contributed by atoms with Crippen molar-refractivity contribution in [1.29, 1.82) is 0 Å². The number of ether oxygens (including phenoxy) is 2. The van der Waals surface area contributed by atoms with Crippen LogP contribution in [0.4, 0.5) is 5.69 Å². The minimum absolute atomic E-state index is 0.0424. The smallest absolute Gasteiger partial charge is 0.341 e. The van der Waals surface area contributed by atoms with Gasteiger partial charge in [0.1, 0.15) is 5.56 Å². The summed E-state index contributed by atoms with van der Waals surface area (Å²) in [6.07, 6.45) is 4.66. The van der Waals surface area contributed by atoms with Crippen LogP contribution < -0.4 is 9.47 Å². The first-order chi connectivity index (χ1) is 8.51. The molecule has 0 aromatic carbocycles. The molecule has 18 heavy (non-hydrogen) atoms. The van der Waals surface area contributed by atoms with Crippen molar-refractivity contribution < 1.29 is 14.4 Å². The van der Waals surface area contributed by atoms with Crippen molar-refractivity contribution in [2.24, 2.45) is 0 Å². The molecule has 0 N–H and O–H groups in total. The highest BCUT2D eigenvalue weighted by atomic mass is 16.6. The molecule has 0 amide bonds. The molecule has 1 aromatic rings. The van der Waals surface area contributed by atoms with Crippen LogP contribution in [-0.2, 0) is 0 Å². The molecule has 0 bridgehead atoms. The molecular weight excluding hydrogens is 238 g/mol. The molecule has 1 aromatic heterocycles. The average Bonchev–Trinajstić information content (AvgIpc) is 2.34. The molecule has 0 aliphatic rings. The summed E-state index contributed by atoms with van der Waals surface area (Å²) in [6, 6.07) is 0. The number of pyridine rings is 1. The summed E-state index contributed by atoms with van der Waals surface area (Å²) in [7, 11) is 6.39. The van der Waals surface area contributed by atoms with Crippen LogP contribution >= 0.6 is 0 Å². The molecule has 1 heterocycles. The summed E-state index contributed by atoms with van der Waals surface area (Å²) in [5.41, 5.74) is 0.109. The van der Waals surface area contributed by atoms with Gasteiger partial charge < -0.3 is 14.4 Å². The summed E-state index contributed by atoms with van der Waals surface area (Å²) >= 11 is 0. The van der Waals surface area contributed by atoms with Crippen molar-refractivity contribution in [3.8, 4) is 11.6 Å². The number of aromatic nitrogens is 1. The first kappa shape index (κ1) is 13.8. The Kier molecular flexibility index (Phi) is 4.47. The lowest BCUT2D eigenvalue weighted by atomic mass is 10.2.